The monoisotopic (exact) mass is 155 g/mol. The lowest BCUT2D eigenvalue weighted by Crippen LogP contribution is -2.40. The van der Waals surface area contributed by atoms with Crippen molar-refractivity contribution >= 4 is 0 Å². The summed E-state index contributed by atoms with van der Waals surface area (Å²) in [5.41, 5.74) is 0. The van der Waals surface area contributed by atoms with E-state index in [-0.39, 0.29) is 6.10 Å². The normalized spacial score (nSPS) is 33.6. The van der Waals surface area contributed by atoms with Crippen LogP contribution in [-0.4, -0.2) is 23.3 Å². The third-order valence-corrected chi connectivity index (χ3v) is 2.31. The molecule has 0 aliphatic heterocycles. The highest BCUT2D eigenvalue weighted by Gasteiger charge is 2.25. The highest BCUT2D eigenvalue weighted by molar-refractivity contribution is 4.89. The highest BCUT2D eigenvalue weighted by atomic mass is 16.3. The number of rotatable bonds is 3. The van der Waals surface area contributed by atoms with Gasteiger partial charge in [-0.15, -0.1) is 6.58 Å². The summed E-state index contributed by atoms with van der Waals surface area (Å²) in [5.74, 6) is 0. The van der Waals surface area contributed by atoms with Gasteiger partial charge in [0.05, 0.1) is 6.10 Å². The molecule has 0 aromatic heterocycles. The Labute approximate surface area is 68.3 Å². The van der Waals surface area contributed by atoms with Gasteiger partial charge >= 0.3 is 0 Å². The molecule has 1 rings (SSSR count). The molecule has 2 N–H and O–H groups in total. The van der Waals surface area contributed by atoms with E-state index in [4.69, 9.17) is 0 Å². The maximum absolute atomic E-state index is 9.44. The first-order valence-electron chi connectivity index (χ1n) is 4.30. The van der Waals surface area contributed by atoms with E-state index in [2.05, 4.69) is 18.8 Å². The number of aliphatic hydroxyl groups excluding tert-OH is 1. The molecule has 1 saturated carbocycles. The molecule has 0 saturated heterocycles. The van der Waals surface area contributed by atoms with Gasteiger partial charge < -0.3 is 10.4 Å². The van der Waals surface area contributed by atoms with Crippen LogP contribution in [0.25, 0.3) is 0 Å². The summed E-state index contributed by atoms with van der Waals surface area (Å²) in [5, 5.41) is 12.7. The third kappa shape index (κ3) is 2.31. The zero-order valence-electron chi connectivity index (χ0n) is 7.09. The second-order valence-corrected chi connectivity index (χ2v) is 3.30. The van der Waals surface area contributed by atoms with Crippen molar-refractivity contribution < 1.29 is 5.11 Å². The number of aliphatic hydroxyl groups is 1. The van der Waals surface area contributed by atoms with Crippen molar-refractivity contribution in [2.75, 3.05) is 0 Å². The Morgan fingerprint density at radius 1 is 1.64 bits per heavy atom. The third-order valence-electron chi connectivity index (χ3n) is 2.31. The minimum Gasteiger partial charge on any atom is -0.392 e. The SMILES string of the molecule is C=CC(C)N[C@@H]1CCC[C@H]1O. The van der Waals surface area contributed by atoms with E-state index in [1.807, 2.05) is 6.08 Å². The maximum atomic E-state index is 9.44. The Morgan fingerprint density at radius 3 is 2.82 bits per heavy atom. The van der Waals surface area contributed by atoms with Crippen molar-refractivity contribution in [2.24, 2.45) is 0 Å². The van der Waals surface area contributed by atoms with Gasteiger partial charge in [-0.05, 0) is 26.2 Å². The fourth-order valence-corrected chi connectivity index (χ4v) is 1.54. The first kappa shape index (κ1) is 8.75. The van der Waals surface area contributed by atoms with E-state index in [0.29, 0.717) is 12.1 Å². The van der Waals surface area contributed by atoms with Gasteiger partial charge in [0, 0.05) is 12.1 Å². The van der Waals surface area contributed by atoms with Gasteiger partial charge in [-0.3, -0.25) is 0 Å². The molecule has 11 heavy (non-hydrogen) atoms. The molecule has 0 aromatic carbocycles. The fraction of sp³-hybridized carbons (Fsp3) is 0.778. The maximum Gasteiger partial charge on any atom is 0.0693 e. The molecule has 0 amide bonds. The predicted octanol–water partition coefficient (Wildman–Crippen LogP) is 1.06. The van der Waals surface area contributed by atoms with Crippen LogP contribution in [-0.2, 0) is 0 Å². The van der Waals surface area contributed by atoms with E-state index in [1.54, 1.807) is 0 Å². The topological polar surface area (TPSA) is 32.3 Å². The van der Waals surface area contributed by atoms with Gasteiger partial charge in [0.2, 0.25) is 0 Å². The standard InChI is InChI=1S/C9H17NO/c1-3-7(2)10-8-5-4-6-9(8)11/h3,7-11H,1,4-6H2,2H3/t7?,8-,9-/m1/s1. The van der Waals surface area contributed by atoms with Crippen LogP contribution in [0.15, 0.2) is 12.7 Å². The van der Waals surface area contributed by atoms with E-state index < -0.39 is 0 Å². The molecule has 0 bridgehead atoms. The number of hydrogen-bond donors (Lipinski definition) is 2. The van der Waals surface area contributed by atoms with Crippen molar-refractivity contribution in [3.8, 4) is 0 Å². The minimum atomic E-state index is -0.141. The summed E-state index contributed by atoms with van der Waals surface area (Å²) in [4.78, 5) is 0. The molecule has 1 aliphatic rings. The molecule has 3 atom stereocenters. The second-order valence-electron chi connectivity index (χ2n) is 3.30. The first-order valence-corrected chi connectivity index (χ1v) is 4.30. The molecule has 1 aliphatic carbocycles. The molecular weight excluding hydrogens is 138 g/mol. The van der Waals surface area contributed by atoms with Crippen LogP contribution in [0.2, 0.25) is 0 Å². The molecule has 0 heterocycles. The Bertz CT molecular complexity index is 136. The molecule has 2 nitrogen and oxygen atoms in total. The smallest absolute Gasteiger partial charge is 0.0693 e. The van der Waals surface area contributed by atoms with Crippen molar-refractivity contribution in [1.29, 1.82) is 0 Å². The van der Waals surface area contributed by atoms with Crippen LogP contribution in [0.4, 0.5) is 0 Å². The summed E-state index contributed by atoms with van der Waals surface area (Å²) >= 11 is 0. The van der Waals surface area contributed by atoms with Gasteiger partial charge in [0.1, 0.15) is 0 Å². The molecule has 64 valence electrons. The van der Waals surface area contributed by atoms with E-state index in [9.17, 15) is 5.11 Å². The lowest BCUT2D eigenvalue weighted by Gasteiger charge is -2.19. The summed E-state index contributed by atoms with van der Waals surface area (Å²) in [6.45, 7) is 5.74. The fourth-order valence-electron chi connectivity index (χ4n) is 1.54. The van der Waals surface area contributed by atoms with Gasteiger partial charge in [0.25, 0.3) is 0 Å². The van der Waals surface area contributed by atoms with Gasteiger partial charge in [-0.1, -0.05) is 6.08 Å². The van der Waals surface area contributed by atoms with Crippen LogP contribution in [0.1, 0.15) is 26.2 Å². The van der Waals surface area contributed by atoms with Crippen molar-refractivity contribution in [2.45, 2.75) is 44.4 Å². The summed E-state index contributed by atoms with van der Waals surface area (Å²) in [7, 11) is 0. The molecule has 2 heteroatoms. The highest BCUT2D eigenvalue weighted by Crippen LogP contribution is 2.19. The van der Waals surface area contributed by atoms with Crippen LogP contribution < -0.4 is 5.32 Å². The molecular formula is C9H17NO. The summed E-state index contributed by atoms with van der Waals surface area (Å²) in [6.07, 6.45) is 4.91. The van der Waals surface area contributed by atoms with Crippen LogP contribution in [0.3, 0.4) is 0 Å². The van der Waals surface area contributed by atoms with E-state index in [1.165, 1.54) is 0 Å². The molecule has 0 aromatic rings. The second kappa shape index (κ2) is 3.88. The average Bonchev–Trinajstić information content (AvgIpc) is 2.37. The summed E-state index contributed by atoms with van der Waals surface area (Å²) in [6, 6.07) is 0.607. The van der Waals surface area contributed by atoms with Crippen LogP contribution in [0, 0.1) is 0 Å². The average molecular weight is 155 g/mol. The minimum absolute atomic E-state index is 0.141. The van der Waals surface area contributed by atoms with Crippen molar-refractivity contribution in [1.82, 2.24) is 5.32 Å². The van der Waals surface area contributed by atoms with Gasteiger partial charge in [-0.25, -0.2) is 0 Å². The number of nitrogens with one attached hydrogen (secondary N) is 1. The number of hydrogen-bond acceptors (Lipinski definition) is 2. The lowest BCUT2D eigenvalue weighted by molar-refractivity contribution is 0.147. The van der Waals surface area contributed by atoms with E-state index >= 15 is 0 Å². The van der Waals surface area contributed by atoms with Crippen molar-refractivity contribution in [3.05, 3.63) is 12.7 Å². The van der Waals surface area contributed by atoms with Gasteiger partial charge in [0.15, 0.2) is 0 Å². The van der Waals surface area contributed by atoms with Crippen LogP contribution >= 0.6 is 0 Å². The quantitative estimate of drug-likeness (QED) is 0.597. The molecule has 1 fully saturated rings. The first-order chi connectivity index (χ1) is 5.24. The van der Waals surface area contributed by atoms with Crippen molar-refractivity contribution in [3.63, 3.8) is 0 Å². The largest absolute Gasteiger partial charge is 0.392 e. The van der Waals surface area contributed by atoms with E-state index in [0.717, 1.165) is 19.3 Å². The van der Waals surface area contributed by atoms with Gasteiger partial charge in [-0.2, -0.15) is 0 Å². The Morgan fingerprint density at radius 2 is 2.36 bits per heavy atom. The Balaban J connectivity index is 2.30. The zero-order valence-corrected chi connectivity index (χ0v) is 7.09. The van der Waals surface area contributed by atoms with Crippen LogP contribution in [0.5, 0.6) is 0 Å². The zero-order chi connectivity index (χ0) is 8.27. The summed E-state index contributed by atoms with van der Waals surface area (Å²) < 4.78 is 0. The Kier molecular flexibility index (Phi) is 3.09. The molecule has 0 radical (unpaired) electrons. The molecule has 0 spiro atoms. The predicted molar refractivity (Wildman–Crippen MR) is 46.4 cm³/mol. The Hall–Kier alpha value is -0.340. The lowest BCUT2D eigenvalue weighted by atomic mass is 10.2. The molecule has 1 unspecified atom stereocenters.